The van der Waals surface area contributed by atoms with Gasteiger partial charge in [-0.2, -0.15) is 0 Å². The number of amides is 2. The van der Waals surface area contributed by atoms with Crippen LogP contribution >= 0.6 is 0 Å². The third-order valence-corrected chi connectivity index (χ3v) is 4.38. The molecule has 1 aliphatic heterocycles. The predicted octanol–water partition coefficient (Wildman–Crippen LogP) is 0.0682. The molecular formula is C11H20N2O5S. The van der Waals surface area contributed by atoms with E-state index in [1.54, 1.807) is 20.8 Å². The zero-order valence-corrected chi connectivity index (χ0v) is 12.2. The number of hydrogen-bond acceptors (Lipinski definition) is 4. The molecule has 1 atom stereocenters. The van der Waals surface area contributed by atoms with E-state index < -0.39 is 33.4 Å². The van der Waals surface area contributed by atoms with Crippen molar-refractivity contribution in [2.75, 3.05) is 18.1 Å². The Balaban J connectivity index is 2.85. The SMILES string of the molecule is CC(C)(C)NC(=O)N1CCS(=O)(=O)CC1CC(=O)O. The Morgan fingerprint density at radius 3 is 2.42 bits per heavy atom. The van der Waals surface area contributed by atoms with Gasteiger partial charge >= 0.3 is 12.0 Å². The maximum absolute atomic E-state index is 12.0. The third kappa shape index (κ3) is 5.06. The van der Waals surface area contributed by atoms with Crippen molar-refractivity contribution in [3.8, 4) is 0 Å². The van der Waals surface area contributed by atoms with E-state index in [9.17, 15) is 18.0 Å². The first-order valence-electron chi connectivity index (χ1n) is 6.01. The molecule has 0 spiro atoms. The van der Waals surface area contributed by atoms with Gasteiger partial charge in [0.25, 0.3) is 0 Å². The lowest BCUT2D eigenvalue weighted by Crippen LogP contribution is -2.57. The summed E-state index contributed by atoms with van der Waals surface area (Å²) in [7, 11) is -3.27. The van der Waals surface area contributed by atoms with E-state index in [1.165, 1.54) is 4.90 Å². The molecule has 1 saturated heterocycles. The van der Waals surface area contributed by atoms with Crippen LogP contribution in [0.5, 0.6) is 0 Å². The summed E-state index contributed by atoms with van der Waals surface area (Å²) in [5.41, 5.74) is -0.457. The Hall–Kier alpha value is -1.31. The first-order chi connectivity index (χ1) is 8.50. The van der Waals surface area contributed by atoms with Crippen LogP contribution in [0.2, 0.25) is 0 Å². The molecule has 8 heteroatoms. The van der Waals surface area contributed by atoms with Gasteiger partial charge in [-0.25, -0.2) is 13.2 Å². The molecule has 0 bridgehead atoms. The van der Waals surface area contributed by atoms with Crippen LogP contribution < -0.4 is 5.32 Å². The normalized spacial score (nSPS) is 22.9. The lowest BCUT2D eigenvalue weighted by molar-refractivity contribution is -0.138. The van der Waals surface area contributed by atoms with Crippen molar-refractivity contribution in [2.45, 2.75) is 38.8 Å². The summed E-state index contributed by atoms with van der Waals surface area (Å²) in [5.74, 6) is -1.53. The Bertz CT molecular complexity index is 466. The first-order valence-corrected chi connectivity index (χ1v) is 7.83. The van der Waals surface area contributed by atoms with E-state index >= 15 is 0 Å². The zero-order valence-electron chi connectivity index (χ0n) is 11.3. The van der Waals surface area contributed by atoms with Gasteiger partial charge in [0.05, 0.1) is 24.0 Å². The highest BCUT2D eigenvalue weighted by Crippen LogP contribution is 2.16. The standard InChI is InChI=1S/C11H20N2O5S/c1-11(2,3)12-10(16)13-4-5-19(17,18)7-8(13)6-9(14)15/h8H,4-7H2,1-3H3,(H,12,16)(H,14,15). The first kappa shape index (κ1) is 15.7. The van der Waals surface area contributed by atoms with Gasteiger partial charge in [-0.15, -0.1) is 0 Å². The summed E-state index contributed by atoms with van der Waals surface area (Å²) in [6, 6.07) is -1.23. The molecule has 1 unspecified atom stereocenters. The highest BCUT2D eigenvalue weighted by molar-refractivity contribution is 7.91. The number of hydrogen-bond donors (Lipinski definition) is 2. The number of carbonyl (C=O) groups is 2. The van der Waals surface area contributed by atoms with Gasteiger partial charge < -0.3 is 15.3 Å². The number of rotatable bonds is 2. The molecule has 1 heterocycles. The van der Waals surface area contributed by atoms with Crippen LogP contribution in [0.4, 0.5) is 4.79 Å². The molecule has 1 aliphatic rings. The van der Waals surface area contributed by atoms with E-state index in [-0.39, 0.29) is 24.5 Å². The summed E-state index contributed by atoms with van der Waals surface area (Å²) < 4.78 is 23.1. The zero-order chi connectivity index (χ0) is 14.8. The number of carboxylic acids is 1. The van der Waals surface area contributed by atoms with Gasteiger partial charge in [0.15, 0.2) is 9.84 Å². The lowest BCUT2D eigenvalue weighted by atomic mass is 10.1. The topological polar surface area (TPSA) is 104 Å². The summed E-state index contributed by atoms with van der Waals surface area (Å²) in [4.78, 5) is 24.1. The van der Waals surface area contributed by atoms with Gasteiger partial charge in [0.1, 0.15) is 0 Å². The van der Waals surface area contributed by atoms with E-state index in [4.69, 9.17) is 5.11 Å². The number of urea groups is 1. The average Bonchev–Trinajstić information content (AvgIpc) is 2.11. The summed E-state index contributed by atoms with van der Waals surface area (Å²) in [6.45, 7) is 5.44. The minimum Gasteiger partial charge on any atom is -0.481 e. The second-order valence-electron chi connectivity index (χ2n) is 5.74. The largest absolute Gasteiger partial charge is 0.481 e. The maximum Gasteiger partial charge on any atom is 0.318 e. The second-order valence-corrected chi connectivity index (χ2v) is 7.97. The maximum atomic E-state index is 12.0. The molecular weight excluding hydrogens is 272 g/mol. The second kappa shape index (κ2) is 5.36. The minimum absolute atomic E-state index is 0.0300. The lowest BCUT2D eigenvalue weighted by Gasteiger charge is -2.36. The molecule has 2 amide bonds. The fourth-order valence-corrected chi connectivity index (χ4v) is 3.44. The molecule has 0 saturated carbocycles. The number of aliphatic carboxylic acids is 1. The van der Waals surface area contributed by atoms with Crippen LogP contribution in [0.1, 0.15) is 27.2 Å². The molecule has 0 aromatic rings. The number of carbonyl (C=O) groups excluding carboxylic acids is 1. The van der Waals surface area contributed by atoms with Crippen molar-refractivity contribution < 1.29 is 23.1 Å². The Labute approximate surface area is 112 Å². The van der Waals surface area contributed by atoms with Crippen LogP contribution in [-0.2, 0) is 14.6 Å². The van der Waals surface area contributed by atoms with Crippen LogP contribution in [0.3, 0.4) is 0 Å². The smallest absolute Gasteiger partial charge is 0.318 e. The van der Waals surface area contributed by atoms with Crippen LogP contribution in [0, 0.1) is 0 Å². The molecule has 0 radical (unpaired) electrons. The number of carboxylic acid groups (broad SMARTS) is 1. The molecule has 0 aromatic carbocycles. The molecule has 1 fully saturated rings. The van der Waals surface area contributed by atoms with Crippen LogP contribution in [0.15, 0.2) is 0 Å². The molecule has 1 rings (SSSR count). The van der Waals surface area contributed by atoms with E-state index in [2.05, 4.69) is 5.32 Å². The van der Waals surface area contributed by atoms with Gasteiger partial charge in [-0.05, 0) is 20.8 Å². The molecule has 19 heavy (non-hydrogen) atoms. The van der Waals surface area contributed by atoms with Gasteiger partial charge in [-0.3, -0.25) is 4.79 Å². The van der Waals surface area contributed by atoms with Gasteiger partial charge in [0.2, 0.25) is 0 Å². The number of nitrogens with zero attached hydrogens (tertiary/aromatic N) is 1. The van der Waals surface area contributed by atoms with Crippen molar-refractivity contribution in [3.63, 3.8) is 0 Å². The van der Waals surface area contributed by atoms with E-state index in [0.717, 1.165) is 0 Å². The predicted molar refractivity (Wildman–Crippen MR) is 69.7 cm³/mol. The number of nitrogens with one attached hydrogen (secondary N) is 1. The van der Waals surface area contributed by atoms with E-state index in [0.29, 0.717) is 0 Å². The molecule has 0 aliphatic carbocycles. The summed E-state index contributed by atoms with van der Waals surface area (Å²) in [6.07, 6.45) is -0.364. The van der Waals surface area contributed by atoms with Crippen molar-refractivity contribution >= 4 is 21.8 Å². The molecule has 2 N–H and O–H groups in total. The van der Waals surface area contributed by atoms with Crippen LogP contribution in [0.25, 0.3) is 0 Å². The third-order valence-electron chi connectivity index (χ3n) is 2.68. The Kier molecular flexibility index (Phi) is 4.44. The quantitative estimate of drug-likeness (QED) is 0.749. The number of sulfone groups is 1. The van der Waals surface area contributed by atoms with Gasteiger partial charge in [-0.1, -0.05) is 0 Å². The van der Waals surface area contributed by atoms with E-state index in [1.807, 2.05) is 0 Å². The molecule has 0 aromatic heterocycles. The molecule has 110 valence electrons. The average molecular weight is 292 g/mol. The van der Waals surface area contributed by atoms with Crippen molar-refractivity contribution in [1.82, 2.24) is 10.2 Å². The van der Waals surface area contributed by atoms with Crippen LogP contribution in [-0.4, -0.2) is 60.1 Å². The highest BCUT2D eigenvalue weighted by Gasteiger charge is 2.36. The fourth-order valence-electron chi connectivity index (χ4n) is 1.92. The highest BCUT2D eigenvalue weighted by atomic mass is 32.2. The van der Waals surface area contributed by atoms with Crippen molar-refractivity contribution in [3.05, 3.63) is 0 Å². The van der Waals surface area contributed by atoms with Crippen molar-refractivity contribution in [1.29, 1.82) is 0 Å². The van der Waals surface area contributed by atoms with Crippen molar-refractivity contribution in [2.24, 2.45) is 0 Å². The fraction of sp³-hybridized carbons (Fsp3) is 0.818. The minimum atomic E-state index is -3.27. The van der Waals surface area contributed by atoms with Gasteiger partial charge in [0, 0.05) is 12.1 Å². The monoisotopic (exact) mass is 292 g/mol. The Morgan fingerprint density at radius 2 is 1.95 bits per heavy atom. The summed E-state index contributed by atoms with van der Waals surface area (Å²) in [5, 5.41) is 11.5. The molecule has 7 nitrogen and oxygen atoms in total. The summed E-state index contributed by atoms with van der Waals surface area (Å²) >= 11 is 0. The Morgan fingerprint density at radius 1 is 1.37 bits per heavy atom.